The van der Waals surface area contributed by atoms with Gasteiger partial charge in [-0.1, -0.05) is 12.2 Å². The Morgan fingerprint density at radius 2 is 2.29 bits per heavy atom. The van der Waals surface area contributed by atoms with Crippen molar-refractivity contribution in [3.8, 4) is 0 Å². The minimum atomic E-state index is -0.532. The van der Waals surface area contributed by atoms with E-state index in [9.17, 15) is 9.90 Å². The van der Waals surface area contributed by atoms with E-state index in [1.54, 1.807) is 0 Å². The minimum absolute atomic E-state index is 0.101. The third-order valence-electron chi connectivity index (χ3n) is 4.55. The molecule has 0 radical (unpaired) electrons. The van der Waals surface area contributed by atoms with Gasteiger partial charge in [-0.3, -0.25) is 4.79 Å². The molecule has 1 aliphatic heterocycles. The molecule has 0 saturated heterocycles. The Kier molecular flexibility index (Phi) is 2.40. The molecule has 0 aromatic carbocycles. The van der Waals surface area contributed by atoms with Gasteiger partial charge in [-0.2, -0.15) is 0 Å². The van der Waals surface area contributed by atoms with Gasteiger partial charge >= 0.3 is 0 Å². The largest absolute Gasteiger partial charge is 0.386 e. The molecule has 0 bridgehead atoms. The van der Waals surface area contributed by atoms with Gasteiger partial charge < -0.3 is 10.4 Å². The van der Waals surface area contributed by atoms with E-state index in [0.29, 0.717) is 0 Å². The average molecular weight is 233 g/mol. The summed E-state index contributed by atoms with van der Waals surface area (Å²) >= 11 is 0. The van der Waals surface area contributed by atoms with Crippen molar-refractivity contribution in [2.45, 2.75) is 45.1 Å². The standard InChI is InChI=1S/C14H19NO2/c1-9-11(15-13(17)14(9)7-8-14)12(16)10-5-3-2-4-6-10/h3,5,10,12,16H,2,4,6-8H2,1H3,(H,15,17)/t10-,12?/m1/s1. The summed E-state index contributed by atoms with van der Waals surface area (Å²) in [6, 6.07) is 0. The first-order chi connectivity index (χ1) is 8.15. The summed E-state index contributed by atoms with van der Waals surface area (Å²) in [5.74, 6) is 0.270. The molecule has 1 spiro atoms. The van der Waals surface area contributed by atoms with Crippen molar-refractivity contribution in [1.29, 1.82) is 0 Å². The maximum atomic E-state index is 11.9. The summed E-state index contributed by atoms with van der Waals surface area (Å²) < 4.78 is 0. The number of allylic oxidation sites excluding steroid dienone is 1. The first-order valence-electron chi connectivity index (χ1n) is 6.52. The van der Waals surface area contributed by atoms with Gasteiger partial charge in [0.25, 0.3) is 0 Å². The van der Waals surface area contributed by atoms with Crippen molar-refractivity contribution in [1.82, 2.24) is 5.32 Å². The van der Waals surface area contributed by atoms with E-state index in [0.717, 1.165) is 43.4 Å². The summed E-state index contributed by atoms with van der Waals surface area (Å²) in [7, 11) is 0. The van der Waals surface area contributed by atoms with E-state index < -0.39 is 6.10 Å². The molecule has 3 nitrogen and oxygen atoms in total. The van der Waals surface area contributed by atoms with Crippen molar-refractivity contribution in [2.75, 3.05) is 0 Å². The third-order valence-corrected chi connectivity index (χ3v) is 4.55. The number of nitrogens with one attached hydrogen (secondary N) is 1. The molecular weight excluding hydrogens is 214 g/mol. The summed E-state index contributed by atoms with van der Waals surface area (Å²) in [5.41, 5.74) is 1.62. The second kappa shape index (κ2) is 3.70. The van der Waals surface area contributed by atoms with Crippen molar-refractivity contribution < 1.29 is 9.90 Å². The van der Waals surface area contributed by atoms with Gasteiger partial charge in [0.1, 0.15) is 6.10 Å². The van der Waals surface area contributed by atoms with Gasteiger partial charge in [0.2, 0.25) is 5.91 Å². The molecule has 1 heterocycles. The summed E-state index contributed by atoms with van der Waals surface area (Å²) in [5, 5.41) is 13.3. The molecule has 0 aromatic rings. The quantitative estimate of drug-likeness (QED) is 0.715. The third kappa shape index (κ3) is 1.56. The Morgan fingerprint density at radius 3 is 2.82 bits per heavy atom. The van der Waals surface area contributed by atoms with E-state index >= 15 is 0 Å². The maximum Gasteiger partial charge on any atom is 0.234 e. The van der Waals surface area contributed by atoms with Crippen molar-refractivity contribution in [3.63, 3.8) is 0 Å². The summed E-state index contributed by atoms with van der Waals surface area (Å²) in [6.07, 6.45) is 8.84. The normalized spacial score (nSPS) is 31.9. The highest BCUT2D eigenvalue weighted by atomic mass is 16.3. The first kappa shape index (κ1) is 11.0. The zero-order valence-electron chi connectivity index (χ0n) is 10.2. The lowest BCUT2D eigenvalue weighted by molar-refractivity contribution is -0.123. The molecule has 2 atom stereocenters. The van der Waals surface area contributed by atoms with Crippen LogP contribution in [0, 0.1) is 11.3 Å². The van der Waals surface area contributed by atoms with Crippen molar-refractivity contribution in [3.05, 3.63) is 23.4 Å². The van der Waals surface area contributed by atoms with Gasteiger partial charge in [-0.25, -0.2) is 0 Å². The van der Waals surface area contributed by atoms with Crippen LogP contribution in [0.5, 0.6) is 0 Å². The zero-order valence-corrected chi connectivity index (χ0v) is 10.2. The number of aliphatic hydroxyl groups excluding tert-OH is 1. The Labute approximate surface area is 102 Å². The van der Waals surface area contributed by atoms with E-state index in [4.69, 9.17) is 0 Å². The molecule has 1 saturated carbocycles. The number of aliphatic hydroxyl groups is 1. The maximum absolute atomic E-state index is 11.9. The highest BCUT2D eigenvalue weighted by Gasteiger charge is 2.56. The molecule has 3 heteroatoms. The smallest absolute Gasteiger partial charge is 0.234 e. The predicted molar refractivity (Wildman–Crippen MR) is 65.0 cm³/mol. The molecule has 3 rings (SSSR count). The molecule has 2 N–H and O–H groups in total. The topological polar surface area (TPSA) is 49.3 Å². The van der Waals surface area contributed by atoms with Crippen LogP contribution < -0.4 is 5.32 Å². The lowest BCUT2D eigenvalue weighted by Crippen LogP contribution is -2.31. The fraction of sp³-hybridized carbons (Fsp3) is 0.643. The number of amides is 1. The minimum Gasteiger partial charge on any atom is -0.386 e. The Balaban J connectivity index is 1.84. The molecule has 1 unspecified atom stereocenters. The molecule has 1 fully saturated rings. The van der Waals surface area contributed by atoms with Crippen LogP contribution >= 0.6 is 0 Å². The summed E-state index contributed by atoms with van der Waals surface area (Å²) in [4.78, 5) is 11.9. The van der Waals surface area contributed by atoms with E-state index in [-0.39, 0.29) is 17.2 Å². The van der Waals surface area contributed by atoms with Crippen LogP contribution in [0.3, 0.4) is 0 Å². The van der Waals surface area contributed by atoms with Crippen LogP contribution in [0.25, 0.3) is 0 Å². The molecule has 0 aromatic heterocycles. The second-order valence-corrected chi connectivity index (χ2v) is 5.54. The number of hydrogen-bond donors (Lipinski definition) is 2. The van der Waals surface area contributed by atoms with Crippen LogP contribution in [-0.4, -0.2) is 17.1 Å². The average Bonchev–Trinajstić information content (AvgIpc) is 3.12. The molecular formula is C14H19NO2. The van der Waals surface area contributed by atoms with Gasteiger partial charge in [0.05, 0.1) is 5.41 Å². The van der Waals surface area contributed by atoms with Crippen LogP contribution in [0.2, 0.25) is 0 Å². The zero-order chi connectivity index (χ0) is 12.0. The highest BCUT2D eigenvalue weighted by molar-refractivity contribution is 5.93. The number of carbonyl (C=O) groups is 1. The first-order valence-corrected chi connectivity index (χ1v) is 6.52. The van der Waals surface area contributed by atoms with Gasteiger partial charge in [0.15, 0.2) is 0 Å². The van der Waals surface area contributed by atoms with Gasteiger partial charge in [-0.15, -0.1) is 0 Å². The molecule has 17 heavy (non-hydrogen) atoms. The van der Waals surface area contributed by atoms with Crippen molar-refractivity contribution in [2.24, 2.45) is 11.3 Å². The SMILES string of the molecule is CC1=C(C(O)[C@@H]2C=CCCC2)NC(=O)C12CC2. The summed E-state index contributed by atoms with van der Waals surface area (Å²) in [6.45, 7) is 2.00. The van der Waals surface area contributed by atoms with Crippen LogP contribution in [-0.2, 0) is 4.79 Å². The monoisotopic (exact) mass is 233 g/mol. The Bertz CT molecular complexity index is 418. The van der Waals surface area contributed by atoms with Gasteiger partial charge in [0, 0.05) is 11.6 Å². The fourth-order valence-electron chi connectivity index (χ4n) is 3.10. The van der Waals surface area contributed by atoms with Crippen LogP contribution in [0.15, 0.2) is 23.4 Å². The Morgan fingerprint density at radius 1 is 1.53 bits per heavy atom. The van der Waals surface area contributed by atoms with Crippen molar-refractivity contribution >= 4 is 5.91 Å². The fourth-order valence-corrected chi connectivity index (χ4v) is 3.10. The molecule has 2 aliphatic carbocycles. The molecule has 1 amide bonds. The Hall–Kier alpha value is -1.09. The van der Waals surface area contributed by atoms with E-state index in [1.807, 2.05) is 6.92 Å². The van der Waals surface area contributed by atoms with Crippen LogP contribution in [0.1, 0.15) is 39.0 Å². The molecule has 3 aliphatic rings. The van der Waals surface area contributed by atoms with E-state index in [1.165, 1.54) is 0 Å². The van der Waals surface area contributed by atoms with Crippen LogP contribution in [0.4, 0.5) is 0 Å². The lowest BCUT2D eigenvalue weighted by Gasteiger charge is -2.24. The second-order valence-electron chi connectivity index (χ2n) is 5.54. The lowest BCUT2D eigenvalue weighted by atomic mass is 9.87. The highest BCUT2D eigenvalue weighted by Crippen LogP contribution is 2.56. The number of hydrogen-bond acceptors (Lipinski definition) is 2. The molecule has 92 valence electrons. The van der Waals surface area contributed by atoms with Gasteiger partial charge in [-0.05, 0) is 44.6 Å². The number of carbonyl (C=O) groups excluding carboxylic acids is 1. The van der Waals surface area contributed by atoms with E-state index in [2.05, 4.69) is 17.5 Å². The number of rotatable bonds is 2. The predicted octanol–water partition coefficient (Wildman–Crippen LogP) is 1.89.